The van der Waals surface area contributed by atoms with Crippen molar-refractivity contribution in [3.63, 3.8) is 0 Å². The molecule has 1 aliphatic rings. The maximum atomic E-state index is 14.1. The Morgan fingerprint density at radius 3 is 2.13 bits per heavy atom. The van der Waals surface area contributed by atoms with Crippen LogP contribution in [-0.2, 0) is 26.2 Å². The van der Waals surface area contributed by atoms with Crippen LogP contribution in [0.25, 0.3) is 22.5 Å². The number of likely N-dealkylation sites (tertiary alicyclic amines) is 1. The zero-order chi connectivity index (χ0) is 38.9. The summed E-state index contributed by atoms with van der Waals surface area (Å²) in [6.07, 6.45) is 10.9. The van der Waals surface area contributed by atoms with Crippen molar-refractivity contribution in [2.75, 3.05) is 13.2 Å². The summed E-state index contributed by atoms with van der Waals surface area (Å²) in [5.74, 6) is 0.0666. The first-order valence-corrected chi connectivity index (χ1v) is 19.9. The number of carbonyl (C=O) groups excluding carboxylic acids is 3. The number of unbranched alkanes of at least 4 members (excludes halogenated alkanes) is 4. The highest BCUT2D eigenvalue weighted by molar-refractivity contribution is 7.14. The van der Waals surface area contributed by atoms with Crippen LogP contribution in [-0.4, -0.2) is 63.2 Å². The van der Waals surface area contributed by atoms with Gasteiger partial charge in [0.25, 0.3) is 11.8 Å². The van der Waals surface area contributed by atoms with E-state index in [-0.39, 0.29) is 17.5 Å². The molecule has 1 saturated heterocycles. The molecule has 0 saturated carbocycles. The predicted molar refractivity (Wildman–Crippen MR) is 216 cm³/mol. The summed E-state index contributed by atoms with van der Waals surface area (Å²) in [6.45, 7) is 15.0. The van der Waals surface area contributed by atoms with E-state index in [1.807, 2.05) is 67.0 Å². The van der Waals surface area contributed by atoms with Gasteiger partial charge in [0.05, 0.1) is 11.5 Å². The Morgan fingerprint density at radius 1 is 0.833 bits per heavy atom. The fourth-order valence-electron chi connectivity index (χ4n) is 6.22. The van der Waals surface area contributed by atoms with Gasteiger partial charge >= 0.3 is 5.97 Å². The van der Waals surface area contributed by atoms with E-state index in [0.717, 1.165) is 45.9 Å². The molecule has 286 valence electrons. The summed E-state index contributed by atoms with van der Waals surface area (Å²) in [6, 6.07) is 18.5. The number of nitrogens with zero attached hydrogens (tertiary/aromatic N) is 4. The smallest absolute Gasteiger partial charge is 0.329 e. The molecule has 1 aliphatic heterocycles. The van der Waals surface area contributed by atoms with Crippen molar-refractivity contribution in [3.8, 4) is 28.3 Å². The second-order valence-electron chi connectivity index (χ2n) is 15.9. The van der Waals surface area contributed by atoms with Crippen LogP contribution >= 0.6 is 11.3 Å². The van der Waals surface area contributed by atoms with Gasteiger partial charge in [-0.3, -0.25) is 9.59 Å². The van der Waals surface area contributed by atoms with Crippen LogP contribution in [0.3, 0.4) is 0 Å². The third kappa shape index (κ3) is 11.2. The molecule has 2 aromatic carbocycles. The average Bonchev–Trinajstić information content (AvgIpc) is 3.84. The highest BCUT2D eigenvalue weighted by atomic mass is 32.1. The lowest BCUT2D eigenvalue weighted by Crippen LogP contribution is -2.46. The van der Waals surface area contributed by atoms with Gasteiger partial charge in [0, 0.05) is 41.4 Å². The lowest BCUT2D eigenvalue weighted by Gasteiger charge is -2.27. The molecule has 10 heteroatoms. The number of aromatic nitrogens is 2. The molecule has 4 aromatic rings. The van der Waals surface area contributed by atoms with E-state index in [1.54, 1.807) is 26.8 Å². The SMILES string of the molecule is CCCCCCCOc1ccc(-c2cnc(-c3ccc(CC(=NC(=O)c4ccc(C(C)(C)C)s4)C(=O)N4CCC[C@H]4C(=O)OC(C)(C)C)cc3)nc2)cc1. The summed E-state index contributed by atoms with van der Waals surface area (Å²) < 4.78 is 11.6. The molecule has 5 rings (SSSR count). The summed E-state index contributed by atoms with van der Waals surface area (Å²) >= 11 is 1.38. The zero-order valence-corrected chi connectivity index (χ0v) is 33.6. The van der Waals surface area contributed by atoms with Crippen molar-refractivity contribution in [1.29, 1.82) is 0 Å². The first kappa shape index (κ1) is 40.5. The van der Waals surface area contributed by atoms with Crippen molar-refractivity contribution in [1.82, 2.24) is 14.9 Å². The Kier molecular flexibility index (Phi) is 13.6. The summed E-state index contributed by atoms with van der Waals surface area (Å²) in [4.78, 5) is 57.5. The van der Waals surface area contributed by atoms with Gasteiger partial charge in [-0.2, -0.15) is 0 Å². The second-order valence-corrected chi connectivity index (χ2v) is 17.0. The molecule has 0 bridgehead atoms. The number of hydrogen-bond acceptors (Lipinski definition) is 8. The van der Waals surface area contributed by atoms with Gasteiger partial charge in [0.15, 0.2) is 5.82 Å². The number of aliphatic imine (C=N–C) groups is 1. The van der Waals surface area contributed by atoms with Gasteiger partial charge in [0.2, 0.25) is 0 Å². The number of thiophene rings is 1. The maximum Gasteiger partial charge on any atom is 0.329 e. The molecule has 0 N–H and O–H groups in total. The third-order valence-corrected chi connectivity index (χ3v) is 10.7. The molecule has 1 atom stereocenters. The highest BCUT2D eigenvalue weighted by Gasteiger charge is 2.38. The summed E-state index contributed by atoms with van der Waals surface area (Å²) in [5, 5.41) is 0. The fraction of sp³-hybridized carbons (Fsp3) is 0.455. The molecule has 2 amide bonds. The van der Waals surface area contributed by atoms with E-state index in [1.165, 1.54) is 41.9 Å². The number of rotatable bonds is 14. The van der Waals surface area contributed by atoms with Crippen LogP contribution in [0.2, 0.25) is 0 Å². The quantitative estimate of drug-likeness (QED) is 0.0717. The number of benzene rings is 2. The van der Waals surface area contributed by atoms with E-state index in [4.69, 9.17) is 9.47 Å². The minimum absolute atomic E-state index is 0.0814. The van der Waals surface area contributed by atoms with E-state index >= 15 is 0 Å². The van der Waals surface area contributed by atoms with Gasteiger partial charge in [-0.25, -0.2) is 19.8 Å². The van der Waals surface area contributed by atoms with Gasteiger partial charge in [-0.05, 0) is 80.8 Å². The van der Waals surface area contributed by atoms with E-state index in [2.05, 4.69) is 42.7 Å². The van der Waals surface area contributed by atoms with Gasteiger partial charge in [0.1, 0.15) is 23.1 Å². The zero-order valence-electron chi connectivity index (χ0n) is 32.8. The normalized spacial score (nSPS) is 15.0. The first-order valence-electron chi connectivity index (χ1n) is 19.1. The van der Waals surface area contributed by atoms with E-state index < -0.39 is 29.4 Å². The minimum Gasteiger partial charge on any atom is -0.494 e. The van der Waals surface area contributed by atoms with Gasteiger partial charge in [-0.1, -0.05) is 89.8 Å². The molecule has 0 unspecified atom stereocenters. The molecule has 0 radical (unpaired) electrons. The number of carbonyl (C=O) groups is 3. The van der Waals surface area contributed by atoms with E-state index in [9.17, 15) is 14.4 Å². The van der Waals surface area contributed by atoms with Crippen LogP contribution in [0.1, 0.15) is 114 Å². The number of ether oxygens (including phenoxy) is 2. The maximum absolute atomic E-state index is 14.1. The Morgan fingerprint density at radius 2 is 1.50 bits per heavy atom. The van der Waals surface area contributed by atoms with Crippen molar-refractivity contribution < 1.29 is 23.9 Å². The summed E-state index contributed by atoms with van der Waals surface area (Å²) in [5.41, 5.74) is 2.77. The third-order valence-electron chi connectivity index (χ3n) is 9.17. The molecule has 0 aliphatic carbocycles. The van der Waals surface area contributed by atoms with Crippen molar-refractivity contribution >= 4 is 34.8 Å². The lowest BCUT2D eigenvalue weighted by atomic mass is 9.95. The van der Waals surface area contributed by atoms with Crippen LogP contribution in [0.4, 0.5) is 0 Å². The van der Waals surface area contributed by atoms with Crippen LogP contribution < -0.4 is 4.74 Å². The fourth-order valence-corrected chi connectivity index (χ4v) is 7.17. The standard InChI is InChI=1S/C44H54N4O5S/c1-8-9-10-11-12-26-52-34-21-19-31(20-22-34)33-28-45-39(46-29-33)32-17-15-30(16-18-32)27-35(47-40(49)37-23-24-38(54-37)43(2,3)4)41(50)48-25-13-14-36(48)42(51)53-44(5,6)7/h15-24,28-29,36H,8-14,25-27H2,1-7H3/t36-/m0/s1. The highest BCUT2D eigenvalue weighted by Crippen LogP contribution is 2.30. The minimum atomic E-state index is -0.731. The Hall–Kier alpha value is -4.70. The topological polar surface area (TPSA) is 111 Å². The lowest BCUT2D eigenvalue weighted by molar-refractivity contribution is -0.162. The van der Waals surface area contributed by atoms with Crippen LogP contribution in [0, 0.1) is 0 Å². The van der Waals surface area contributed by atoms with Crippen molar-refractivity contribution in [2.45, 2.75) is 117 Å². The Balaban J connectivity index is 1.30. The van der Waals surface area contributed by atoms with Gasteiger partial charge < -0.3 is 14.4 Å². The molecule has 1 fully saturated rings. The average molecular weight is 751 g/mol. The molecular formula is C44H54N4O5S. The number of hydrogen-bond donors (Lipinski definition) is 0. The van der Waals surface area contributed by atoms with Gasteiger partial charge in [-0.15, -0.1) is 11.3 Å². The molecule has 3 heterocycles. The largest absolute Gasteiger partial charge is 0.494 e. The van der Waals surface area contributed by atoms with Crippen LogP contribution in [0.5, 0.6) is 5.75 Å². The van der Waals surface area contributed by atoms with E-state index in [0.29, 0.717) is 30.1 Å². The Labute approximate surface area is 324 Å². The number of esters is 1. The molecule has 54 heavy (non-hydrogen) atoms. The predicted octanol–water partition coefficient (Wildman–Crippen LogP) is 9.68. The monoisotopic (exact) mass is 750 g/mol. The van der Waals surface area contributed by atoms with Crippen molar-refractivity contribution in [2.24, 2.45) is 4.99 Å². The Bertz CT molecular complexity index is 1900. The summed E-state index contributed by atoms with van der Waals surface area (Å²) in [7, 11) is 0. The molecule has 2 aromatic heterocycles. The molecule has 9 nitrogen and oxygen atoms in total. The second kappa shape index (κ2) is 18.1. The first-order chi connectivity index (χ1) is 25.7. The molecular weight excluding hydrogens is 697 g/mol. The number of amides is 2. The van der Waals surface area contributed by atoms with Crippen LogP contribution in [0.15, 0.2) is 78.0 Å². The molecule has 0 spiro atoms. The van der Waals surface area contributed by atoms with Crippen molar-refractivity contribution in [3.05, 3.63) is 88.4 Å².